The molecule has 0 amide bonds. The van der Waals surface area contributed by atoms with Gasteiger partial charge in [0.2, 0.25) is 0 Å². The number of benzene rings is 1. The summed E-state index contributed by atoms with van der Waals surface area (Å²) in [7, 11) is 0. The molecule has 0 bridgehead atoms. The van der Waals surface area contributed by atoms with Crippen molar-refractivity contribution in [2.75, 3.05) is 39.7 Å². The molecule has 0 atom stereocenters. The van der Waals surface area contributed by atoms with Gasteiger partial charge in [0.05, 0.1) is 0 Å². The SMILES string of the molecule is [2H]C([2H])N1CCN(C/C=C/c2ccccc2)CC1. The van der Waals surface area contributed by atoms with Crippen LogP contribution >= 0.6 is 0 Å². The van der Waals surface area contributed by atoms with E-state index in [-0.39, 0.29) is 0 Å². The molecule has 0 N–H and O–H groups in total. The second-order valence-corrected chi connectivity index (χ2v) is 4.15. The van der Waals surface area contributed by atoms with E-state index in [1.54, 1.807) is 0 Å². The zero-order valence-electron chi connectivity index (χ0n) is 11.5. The topological polar surface area (TPSA) is 6.48 Å². The highest BCUT2D eigenvalue weighted by Crippen LogP contribution is 2.03. The molecule has 0 aromatic heterocycles. The van der Waals surface area contributed by atoms with Crippen molar-refractivity contribution in [3.63, 3.8) is 0 Å². The summed E-state index contributed by atoms with van der Waals surface area (Å²) in [6, 6.07) is 10.3. The van der Waals surface area contributed by atoms with Crippen LogP contribution in [0.25, 0.3) is 6.08 Å². The standard InChI is InChI=1S/C14H20N2/c1-15-10-12-16(13-11-15)9-5-8-14-6-3-2-4-7-14/h2-8H,9-13H2,1H3/b8-5+/i1D2. The molecule has 1 aromatic carbocycles. The Morgan fingerprint density at radius 1 is 1.19 bits per heavy atom. The van der Waals surface area contributed by atoms with Crippen molar-refractivity contribution in [3.05, 3.63) is 42.0 Å². The van der Waals surface area contributed by atoms with Crippen LogP contribution in [0.5, 0.6) is 0 Å². The van der Waals surface area contributed by atoms with Crippen molar-refractivity contribution < 1.29 is 2.74 Å². The van der Waals surface area contributed by atoms with E-state index in [1.807, 2.05) is 23.1 Å². The first-order chi connectivity index (χ1) is 8.75. The van der Waals surface area contributed by atoms with Crippen LogP contribution in [0.3, 0.4) is 0 Å². The first kappa shape index (κ1) is 8.97. The van der Waals surface area contributed by atoms with Crippen LogP contribution in [0.1, 0.15) is 8.30 Å². The lowest BCUT2D eigenvalue weighted by atomic mass is 10.2. The van der Waals surface area contributed by atoms with E-state index in [2.05, 4.69) is 29.2 Å². The van der Waals surface area contributed by atoms with Crippen LogP contribution in [-0.2, 0) is 0 Å². The Balaban J connectivity index is 1.74. The van der Waals surface area contributed by atoms with E-state index in [4.69, 9.17) is 2.74 Å². The summed E-state index contributed by atoms with van der Waals surface area (Å²) >= 11 is 0. The average Bonchev–Trinajstić information content (AvgIpc) is 2.40. The van der Waals surface area contributed by atoms with Gasteiger partial charge in [-0.3, -0.25) is 4.90 Å². The third kappa shape index (κ3) is 3.47. The van der Waals surface area contributed by atoms with E-state index < -0.39 is 7.00 Å². The molecule has 1 aliphatic rings. The summed E-state index contributed by atoms with van der Waals surface area (Å²) in [4.78, 5) is 4.25. The Bertz CT molecular complexity index is 371. The molecule has 0 spiro atoms. The number of likely N-dealkylation sites (N-methyl/N-ethyl adjacent to an activating group) is 1. The highest BCUT2D eigenvalue weighted by Gasteiger charge is 2.11. The van der Waals surface area contributed by atoms with Gasteiger partial charge in [-0.2, -0.15) is 0 Å². The summed E-state index contributed by atoms with van der Waals surface area (Å²) < 4.78 is 14.7. The van der Waals surface area contributed by atoms with Gasteiger partial charge in [0.1, 0.15) is 0 Å². The molecule has 2 rings (SSSR count). The summed E-state index contributed by atoms with van der Waals surface area (Å²) in [6.07, 6.45) is 4.33. The Kier molecular flexibility index (Phi) is 3.27. The van der Waals surface area contributed by atoms with Gasteiger partial charge in [-0.15, -0.1) is 0 Å². The normalized spacial score (nSPS) is 21.3. The lowest BCUT2D eigenvalue weighted by molar-refractivity contribution is 0.167. The second kappa shape index (κ2) is 5.83. The van der Waals surface area contributed by atoms with Gasteiger partial charge in [-0.05, 0) is 12.6 Å². The third-order valence-corrected chi connectivity index (χ3v) is 2.88. The maximum absolute atomic E-state index is 7.35. The van der Waals surface area contributed by atoms with E-state index in [0.717, 1.165) is 32.7 Å². The molecule has 1 aromatic rings. The fourth-order valence-corrected chi connectivity index (χ4v) is 1.85. The highest BCUT2D eigenvalue weighted by atomic mass is 15.2. The van der Waals surface area contributed by atoms with Gasteiger partial charge < -0.3 is 4.90 Å². The smallest absolute Gasteiger partial charge is 0.0394 e. The number of hydrogen-bond acceptors (Lipinski definition) is 2. The molecular weight excluding hydrogens is 196 g/mol. The minimum atomic E-state index is -0.813. The van der Waals surface area contributed by atoms with Crippen LogP contribution in [0.4, 0.5) is 0 Å². The van der Waals surface area contributed by atoms with Crippen LogP contribution in [0.2, 0.25) is 0 Å². The number of rotatable bonds is 3. The van der Waals surface area contributed by atoms with Crippen molar-refractivity contribution in [3.8, 4) is 0 Å². The predicted octanol–water partition coefficient (Wildman–Crippen LogP) is 1.95. The van der Waals surface area contributed by atoms with Crippen LogP contribution in [0, 0.1) is 0 Å². The molecule has 0 aliphatic carbocycles. The predicted molar refractivity (Wildman–Crippen MR) is 69.4 cm³/mol. The Labute approximate surface area is 101 Å². The van der Waals surface area contributed by atoms with E-state index >= 15 is 0 Å². The molecule has 2 heteroatoms. The van der Waals surface area contributed by atoms with Crippen molar-refractivity contribution in [2.24, 2.45) is 0 Å². The summed E-state index contributed by atoms with van der Waals surface area (Å²) in [5.74, 6) is 0. The Hall–Kier alpha value is -1.12. The quantitative estimate of drug-likeness (QED) is 0.765. The van der Waals surface area contributed by atoms with E-state index in [1.165, 1.54) is 5.56 Å². The van der Waals surface area contributed by atoms with Gasteiger partial charge in [-0.1, -0.05) is 42.5 Å². The number of piperazine rings is 1. The molecule has 1 saturated heterocycles. The van der Waals surface area contributed by atoms with E-state index in [0.29, 0.717) is 0 Å². The molecule has 1 heterocycles. The minimum Gasteiger partial charge on any atom is -0.304 e. The van der Waals surface area contributed by atoms with Crippen molar-refractivity contribution in [2.45, 2.75) is 0 Å². The summed E-state index contributed by atoms with van der Waals surface area (Å²) in [5, 5.41) is 0. The average molecular weight is 218 g/mol. The maximum Gasteiger partial charge on any atom is 0.0394 e. The largest absolute Gasteiger partial charge is 0.304 e. The molecule has 16 heavy (non-hydrogen) atoms. The second-order valence-electron chi connectivity index (χ2n) is 4.15. The van der Waals surface area contributed by atoms with Gasteiger partial charge in [0.25, 0.3) is 0 Å². The number of nitrogens with zero attached hydrogens (tertiary/aromatic N) is 2. The third-order valence-electron chi connectivity index (χ3n) is 2.88. The Morgan fingerprint density at radius 2 is 1.94 bits per heavy atom. The molecular formula is C14H20N2. The first-order valence-electron chi connectivity index (χ1n) is 6.93. The van der Waals surface area contributed by atoms with Crippen molar-refractivity contribution in [1.29, 1.82) is 0 Å². The van der Waals surface area contributed by atoms with Gasteiger partial charge in [0.15, 0.2) is 0 Å². The van der Waals surface area contributed by atoms with Gasteiger partial charge in [-0.25, -0.2) is 0 Å². The Morgan fingerprint density at radius 3 is 2.62 bits per heavy atom. The molecule has 86 valence electrons. The highest BCUT2D eigenvalue weighted by molar-refractivity contribution is 5.48. The molecule has 0 radical (unpaired) electrons. The lowest BCUT2D eigenvalue weighted by Crippen LogP contribution is -2.44. The van der Waals surface area contributed by atoms with Gasteiger partial charge in [0, 0.05) is 35.5 Å². The van der Waals surface area contributed by atoms with E-state index in [9.17, 15) is 0 Å². The molecule has 1 fully saturated rings. The van der Waals surface area contributed by atoms with Crippen molar-refractivity contribution in [1.82, 2.24) is 9.80 Å². The fraction of sp³-hybridized carbons (Fsp3) is 0.429. The zero-order chi connectivity index (χ0) is 12.8. The zero-order valence-corrected chi connectivity index (χ0v) is 9.55. The molecule has 0 saturated carbocycles. The van der Waals surface area contributed by atoms with Crippen LogP contribution in [-0.4, -0.2) is 49.5 Å². The summed E-state index contributed by atoms with van der Waals surface area (Å²) in [6.45, 7) is 3.70. The van der Waals surface area contributed by atoms with Crippen LogP contribution < -0.4 is 0 Å². The molecule has 1 aliphatic heterocycles. The molecule has 0 unspecified atom stereocenters. The maximum atomic E-state index is 7.35. The minimum absolute atomic E-state index is 0.813. The fourth-order valence-electron chi connectivity index (χ4n) is 1.85. The van der Waals surface area contributed by atoms with Crippen molar-refractivity contribution >= 4 is 6.08 Å². The molecule has 2 nitrogen and oxygen atoms in total. The number of hydrogen-bond donors (Lipinski definition) is 0. The first-order valence-corrected chi connectivity index (χ1v) is 5.78. The van der Waals surface area contributed by atoms with Crippen LogP contribution in [0.15, 0.2) is 36.4 Å². The monoisotopic (exact) mass is 218 g/mol. The summed E-state index contributed by atoms with van der Waals surface area (Å²) in [5.41, 5.74) is 1.23. The van der Waals surface area contributed by atoms with Gasteiger partial charge >= 0.3 is 0 Å². The lowest BCUT2D eigenvalue weighted by Gasteiger charge is -2.31.